The van der Waals surface area contributed by atoms with Crippen LogP contribution in [0.2, 0.25) is 0 Å². The van der Waals surface area contributed by atoms with Gasteiger partial charge in [-0.15, -0.1) is 0 Å². The van der Waals surface area contributed by atoms with E-state index in [0.29, 0.717) is 13.2 Å². The molecule has 2 amide bonds. The molecule has 1 saturated heterocycles. The Bertz CT molecular complexity index is 558. The molecule has 1 fully saturated rings. The Hall–Kier alpha value is -1.95. The van der Waals surface area contributed by atoms with E-state index in [0.717, 1.165) is 36.5 Å². The van der Waals surface area contributed by atoms with Gasteiger partial charge in [-0.05, 0) is 44.4 Å². The van der Waals surface area contributed by atoms with Crippen LogP contribution >= 0.6 is 0 Å². The molecule has 2 heterocycles. The molecule has 0 saturated carbocycles. The molecule has 1 aromatic carbocycles. The van der Waals surface area contributed by atoms with Crippen molar-refractivity contribution >= 4 is 6.03 Å². The van der Waals surface area contributed by atoms with E-state index in [1.807, 2.05) is 32.0 Å². The van der Waals surface area contributed by atoms with Gasteiger partial charge in [0.25, 0.3) is 0 Å². The average molecular weight is 320 g/mol. The van der Waals surface area contributed by atoms with Crippen LogP contribution in [0, 0.1) is 0 Å². The largest absolute Gasteiger partial charge is 0.486 e. The molecule has 6 nitrogen and oxygen atoms in total. The lowest BCUT2D eigenvalue weighted by Gasteiger charge is -2.23. The summed E-state index contributed by atoms with van der Waals surface area (Å²) >= 11 is 0. The van der Waals surface area contributed by atoms with Gasteiger partial charge in [-0.25, -0.2) is 4.79 Å². The number of ether oxygens (including phenoxy) is 3. The molecule has 0 unspecified atom stereocenters. The van der Waals surface area contributed by atoms with E-state index < -0.39 is 0 Å². The SMILES string of the molecule is C[C@H](NC(=O)N[C@H](C)[C@@H]1CCCO1)c1ccc2c(c1)OCCO2. The van der Waals surface area contributed by atoms with E-state index in [-0.39, 0.29) is 24.2 Å². The lowest BCUT2D eigenvalue weighted by molar-refractivity contribution is 0.0859. The fourth-order valence-corrected chi connectivity index (χ4v) is 2.95. The summed E-state index contributed by atoms with van der Waals surface area (Å²) in [6, 6.07) is 5.45. The van der Waals surface area contributed by atoms with Crippen molar-refractivity contribution in [3.05, 3.63) is 23.8 Å². The van der Waals surface area contributed by atoms with Crippen LogP contribution in [0.4, 0.5) is 4.79 Å². The fourth-order valence-electron chi connectivity index (χ4n) is 2.95. The van der Waals surface area contributed by atoms with Gasteiger partial charge >= 0.3 is 6.03 Å². The number of nitrogens with one attached hydrogen (secondary N) is 2. The zero-order valence-electron chi connectivity index (χ0n) is 13.6. The molecule has 0 bridgehead atoms. The van der Waals surface area contributed by atoms with Crippen molar-refractivity contribution in [3.8, 4) is 11.5 Å². The van der Waals surface area contributed by atoms with Crippen LogP contribution in [-0.2, 0) is 4.74 Å². The first-order valence-corrected chi connectivity index (χ1v) is 8.21. The molecule has 2 aliphatic heterocycles. The van der Waals surface area contributed by atoms with Gasteiger partial charge in [0.05, 0.1) is 18.2 Å². The molecular formula is C17H24N2O4. The Labute approximate surface area is 136 Å². The van der Waals surface area contributed by atoms with E-state index in [2.05, 4.69) is 10.6 Å². The smallest absolute Gasteiger partial charge is 0.315 e. The minimum absolute atomic E-state index is 0.00460. The molecule has 6 heteroatoms. The second-order valence-corrected chi connectivity index (χ2v) is 6.08. The van der Waals surface area contributed by atoms with Crippen LogP contribution in [0.1, 0.15) is 38.3 Å². The first-order chi connectivity index (χ1) is 11.1. The second kappa shape index (κ2) is 7.08. The zero-order chi connectivity index (χ0) is 16.2. The Balaban J connectivity index is 1.55. The van der Waals surface area contributed by atoms with Gasteiger partial charge in [0.15, 0.2) is 11.5 Å². The Morgan fingerprint density at radius 3 is 2.65 bits per heavy atom. The van der Waals surface area contributed by atoms with E-state index in [1.165, 1.54) is 0 Å². The fraction of sp³-hybridized carbons (Fsp3) is 0.588. The summed E-state index contributed by atoms with van der Waals surface area (Å²) in [4.78, 5) is 12.1. The molecule has 0 radical (unpaired) electrons. The van der Waals surface area contributed by atoms with Crippen LogP contribution in [0.3, 0.4) is 0 Å². The van der Waals surface area contributed by atoms with Gasteiger partial charge in [-0.3, -0.25) is 0 Å². The highest BCUT2D eigenvalue weighted by Gasteiger charge is 2.24. The molecule has 2 aliphatic rings. The molecule has 0 spiro atoms. The predicted molar refractivity (Wildman–Crippen MR) is 86.0 cm³/mol. The second-order valence-electron chi connectivity index (χ2n) is 6.08. The first kappa shape index (κ1) is 15.9. The lowest BCUT2D eigenvalue weighted by Crippen LogP contribution is -2.46. The lowest BCUT2D eigenvalue weighted by atomic mass is 10.1. The van der Waals surface area contributed by atoms with E-state index in [4.69, 9.17) is 14.2 Å². The standard InChI is InChI=1S/C17H24N2O4/c1-11(13-5-6-15-16(10-13)23-9-8-22-15)18-17(20)19-12(2)14-4-3-7-21-14/h5-6,10-12,14H,3-4,7-9H2,1-2H3,(H2,18,19,20)/t11-,12+,14-/m0/s1. The molecule has 3 atom stereocenters. The number of hydrogen-bond acceptors (Lipinski definition) is 4. The maximum atomic E-state index is 12.1. The Morgan fingerprint density at radius 1 is 1.13 bits per heavy atom. The van der Waals surface area contributed by atoms with Crippen molar-refractivity contribution in [2.45, 2.75) is 44.9 Å². The molecule has 23 heavy (non-hydrogen) atoms. The number of benzene rings is 1. The maximum Gasteiger partial charge on any atom is 0.315 e. The number of hydrogen-bond donors (Lipinski definition) is 2. The minimum Gasteiger partial charge on any atom is -0.486 e. The minimum atomic E-state index is -0.185. The van der Waals surface area contributed by atoms with Crippen LogP contribution in [0.25, 0.3) is 0 Å². The summed E-state index contributed by atoms with van der Waals surface area (Å²) < 4.78 is 16.7. The normalized spacial score (nSPS) is 22.3. The summed E-state index contributed by atoms with van der Waals surface area (Å²) in [5.74, 6) is 1.49. The third kappa shape index (κ3) is 3.88. The molecule has 0 aromatic heterocycles. The average Bonchev–Trinajstić information content (AvgIpc) is 3.08. The van der Waals surface area contributed by atoms with E-state index in [9.17, 15) is 4.79 Å². The van der Waals surface area contributed by atoms with Crippen molar-refractivity contribution in [2.75, 3.05) is 19.8 Å². The van der Waals surface area contributed by atoms with Gasteiger partial charge in [0, 0.05) is 6.61 Å². The van der Waals surface area contributed by atoms with Crippen molar-refractivity contribution in [2.24, 2.45) is 0 Å². The molecule has 1 aromatic rings. The van der Waals surface area contributed by atoms with E-state index in [1.54, 1.807) is 0 Å². The van der Waals surface area contributed by atoms with Crippen LogP contribution in [0.15, 0.2) is 18.2 Å². The van der Waals surface area contributed by atoms with Gasteiger partial charge in [-0.1, -0.05) is 6.07 Å². The topological polar surface area (TPSA) is 68.8 Å². The van der Waals surface area contributed by atoms with Crippen LogP contribution in [0.5, 0.6) is 11.5 Å². The van der Waals surface area contributed by atoms with Gasteiger partial charge in [-0.2, -0.15) is 0 Å². The third-order valence-electron chi connectivity index (χ3n) is 4.30. The predicted octanol–water partition coefficient (Wildman–Crippen LogP) is 2.39. The third-order valence-corrected chi connectivity index (χ3v) is 4.30. The molecule has 0 aliphatic carbocycles. The highest BCUT2D eigenvalue weighted by Crippen LogP contribution is 2.32. The number of urea groups is 1. The quantitative estimate of drug-likeness (QED) is 0.894. The van der Waals surface area contributed by atoms with Crippen molar-refractivity contribution in [3.63, 3.8) is 0 Å². The van der Waals surface area contributed by atoms with Crippen molar-refractivity contribution in [1.29, 1.82) is 0 Å². The summed E-state index contributed by atoms with van der Waals surface area (Å²) in [7, 11) is 0. The van der Waals surface area contributed by atoms with Crippen molar-refractivity contribution < 1.29 is 19.0 Å². The van der Waals surface area contributed by atoms with Crippen LogP contribution in [-0.4, -0.2) is 38.0 Å². The van der Waals surface area contributed by atoms with Gasteiger partial charge in [0.1, 0.15) is 13.2 Å². The summed E-state index contributed by atoms with van der Waals surface area (Å²) in [5, 5.41) is 5.91. The summed E-state index contributed by atoms with van der Waals surface area (Å²) in [6.45, 7) is 5.83. The molecular weight excluding hydrogens is 296 g/mol. The van der Waals surface area contributed by atoms with Crippen LogP contribution < -0.4 is 20.1 Å². The number of carbonyl (C=O) groups excluding carboxylic acids is 1. The number of carbonyl (C=O) groups is 1. The maximum absolute atomic E-state index is 12.1. The highest BCUT2D eigenvalue weighted by atomic mass is 16.6. The van der Waals surface area contributed by atoms with Crippen molar-refractivity contribution in [1.82, 2.24) is 10.6 Å². The Morgan fingerprint density at radius 2 is 1.91 bits per heavy atom. The zero-order valence-corrected chi connectivity index (χ0v) is 13.6. The van der Waals surface area contributed by atoms with Gasteiger partial charge < -0.3 is 24.8 Å². The molecule has 126 valence electrons. The summed E-state index contributed by atoms with van der Waals surface area (Å²) in [5.41, 5.74) is 0.981. The first-order valence-electron chi connectivity index (χ1n) is 8.21. The number of amides is 2. The highest BCUT2D eigenvalue weighted by molar-refractivity contribution is 5.74. The number of fused-ring (bicyclic) bond motifs is 1. The monoisotopic (exact) mass is 320 g/mol. The van der Waals surface area contributed by atoms with Gasteiger partial charge in [0.2, 0.25) is 0 Å². The van der Waals surface area contributed by atoms with E-state index >= 15 is 0 Å². The summed E-state index contributed by atoms with van der Waals surface area (Å²) in [6.07, 6.45) is 2.18. The molecule has 2 N–H and O–H groups in total. The molecule has 3 rings (SSSR count). The number of rotatable bonds is 4. The Kier molecular flexibility index (Phi) is 4.91.